The fourth-order valence-corrected chi connectivity index (χ4v) is 3.81. The minimum atomic E-state index is -0.118. The number of halogens is 4. The van der Waals surface area contributed by atoms with Crippen molar-refractivity contribution in [3.8, 4) is 0 Å². The van der Waals surface area contributed by atoms with Gasteiger partial charge in [-0.15, -0.1) is 0 Å². The third-order valence-corrected chi connectivity index (χ3v) is 6.17. The summed E-state index contributed by atoms with van der Waals surface area (Å²) in [5.74, 6) is -0.113. The van der Waals surface area contributed by atoms with Crippen molar-refractivity contribution in [2.75, 3.05) is 13.1 Å². The van der Waals surface area contributed by atoms with Crippen molar-refractivity contribution >= 4 is 70.2 Å². The van der Waals surface area contributed by atoms with Gasteiger partial charge < -0.3 is 4.90 Å². The fourth-order valence-electron chi connectivity index (χ4n) is 3.19. The van der Waals surface area contributed by atoms with Crippen LogP contribution in [0.3, 0.4) is 0 Å². The zero-order valence-electron chi connectivity index (χ0n) is 16.2. The lowest BCUT2D eigenvalue weighted by Gasteiger charge is -2.30. The van der Waals surface area contributed by atoms with E-state index in [0.29, 0.717) is 37.7 Å². The molecule has 1 aliphatic heterocycles. The molecule has 0 saturated carbocycles. The highest BCUT2D eigenvalue weighted by Crippen LogP contribution is 2.28. The molecule has 1 heterocycles. The average Bonchev–Trinajstić information content (AvgIpc) is 2.70. The van der Waals surface area contributed by atoms with E-state index < -0.39 is 0 Å². The summed E-state index contributed by atoms with van der Waals surface area (Å²) in [6.45, 7) is 2.44. The Hall–Kier alpha value is -1.78. The van der Waals surface area contributed by atoms with E-state index >= 15 is 0 Å². The highest BCUT2D eigenvalue weighted by Gasteiger charge is 2.28. The summed E-state index contributed by atoms with van der Waals surface area (Å²) >= 11 is 24.2. The molecule has 0 N–H and O–H groups in total. The van der Waals surface area contributed by atoms with Crippen molar-refractivity contribution in [3.05, 3.63) is 78.8 Å². The number of amides is 1. The molecule has 1 saturated heterocycles. The Morgan fingerprint density at radius 1 is 0.867 bits per heavy atom. The van der Waals surface area contributed by atoms with E-state index in [4.69, 9.17) is 46.4 Å². The first-order valence-electron chi connectivity index (χ1n) is 9.42. The second-order valence-corrected chi connectivity index (χ2v) is 8.64. The number of carbonyl (C=O) groups excluding carboxylic acids is 2. The summed E-state index contributed by atoms with van der Waals surface area (Å²) < 4.78 is 0. The summed E-state index contributed by atoms with van der Waals surface area (Å²) in [7, 11) is 0. The van der Waals surface area contributed by atoms with Crippen LogP contribution in [0.2, 0.25) is 20.1 Å². The number of hydrogen-bond donors (Lipinski definition) is 0. The first-order chi connectivity index (χ1) is 14.3. The standard InChI is InChI=1S/C23H19Cl4NO2/c1-2-3-22(29)28-12-16(8-14-4-6-18(24)20(26)10-14)23(30)17(13-28)9-15-5-7-19(25)21(27)11-15/h4-11H,2-3,12-13H2,1H3/b16-8+,17-9+. The maximum absolute atomic E-state index is 13.2. The first-order valence-corrected chi connectivity index (χ1v) is 10.9. The smallest absolute Gasteiger partial charge is 0.223 e. The van der Waals surface area contributed by atoms with Crippen molar-refractivity contribution < 1.29 is 9.59 Å². The molecule has 1 aliphatic rings. The molecule has 1 amide bonds. The van der Waals surface area contributed by atoms with Gasteiger partial charge in [0.15, 0.2) is 5.78 Å². The predicted octanol–water partition coefficient (Wildman–Crippen LogP) is 6.98. The van der Waals surface area contributed by atoms with E-state index in [1.807, 2.05) is 6.92 Å². The molecule has 0 spiro atoms. The summed E-state index contributed by atoms with van der Waals surface area (Å²) in [4.78, 5) is 27.4. The molecule has 3 nitrogen and oxygen atoms in total. The van der Waals surface area contributed by atoms with Gasteiger partial charge in [0, 0.05) is 30.7 Å². The van der Waals surface area contributed by atoms with Crippen LogP contribution in [0.25, 0.3) is 12.2 Å². The number of piperidine rings is 1. The predicted molar refractivity (Wildman–Crippen MR) is 125 cm³/mol. The molecule has 30 heavy (non-hydrogen) atoms. The van der Waals surface area contributed by atoms with E-state index in [-0.39, 0.29) is 24.8 Å². The molecule has 0 bridgehead atoms. The molecule has 1 fully saturated rings. The van der Waals surface area contributed by atoms with Crippen molar-refractivity contribution in [2.45, 2.75) is 19.8 Å². The van der Waals surface area contributed by atoms with Crippen molar-refractivity contribution in [1.82, 2.24) is 4.90 Å². The molecule has 0 unspecified atom stereocenters. The fraction of sp³-hybridized carbons (Fsp3) is 0.217. The lowest BCUT2D eigenvalue weighted by molar-refractivity contribution is -0.131. The molecule has 0 aliphatic carbocycles. The van der Waals surface area contributed by atoms with E-state index in [1.165, 1.54) is 0 Å². The van der Waals surface area contributed by atoms with E-state index in [0.717, 1.165) is 17.5 Å². The normalized spacial score (nSPS) is 17.1. The van der Waals surface area contributed by atoms with Crippen LogP contribution in [0.15, 0.2) is 47.5 Å². The number of ketones is 1. The van der Waals surface area contributed by atoms with Gasteiger partial charge in [0.2, 0.25) is 5.91 Å². The number of carbonyl (C=O) groups is 2. The van der Waals surface area contributed by atoms with Crippen LogP contribution in [0.5, 0.6) is 0 Å². The van der Waals surface area contributed by atoms with Crippen LogP contribution in [-0.2, 0) is 9.59 Å². The Labute approximate surface area is 195 Å². The van der Waals surface area contributed by atoms with Gasteiger partial charge in [-0.05, 0) is 54.0 Å². The maximum atomic E-state index is 13.2. The van der Waals surface area contributed by atoms with Gasteiger partial charge in [0.1, 0.15) is 0 Å². The Kier molecular flexibility index (Phi) is 7.65. The average molecular weight is 483 g/mol. The van der Waals surface area contributed by atoms with Gasteiger partial charge in [-0.25, -0.2) is 0 Å². The largest absolute Gasteiger partial charge is 0.334 e. The molecular weight excluding hydrogens is 464 g/mol. The number of Topliss-reactive ketones (excluding diaryl/α,β-unsaturated/α-hetero) is 1. The van der Waals surface area contributed by atoms with Crippen molar-refractivity contribution in [2.24, 2.45) is 0 Å². The Morgan fingerprint density at radius 2 is 1.33 bits per heavy atom. The molecule has 156 valence electrons. The highest BCUT2D eigenvalue weighted by molar-refractivity contribution is 6.42. The summed E-state index contributed by atoms with van der Waals surface area (Å²) in [6, 6.07) is 10.3. The summed E-state index contributed by atoms with van der Waals surface area (Å²) in [5.41, 5.74) is 2.50. The third kappa shape index (κ3) is 5.47. The zero-order valence-corrected chi connectivity index (χ0v) is 19.2. The van der Waals surface area contributed by atoms with Gasteiger partial charge in [-0.1, -0.05) is 65.5 Å². The number of hydrogen-bond acceptors (Lipinski definition) is 2. The van der Waals surface area contributed by atoms with E-state index in [9.17, 15) is 9.59 Å². The second-order valence-electron chi connectivity index (χ2n) is 7.02. The molecular formula is C23H19Cl4NO2. The SMILES string of the molecule is CCCC(=O)N1C/C(=C\c2ccc(Cl)c(Cl)c2)C(=O)/C(=C/c2ccc(Cl)c(Cl)c2)C1. The van der Waals surface area contributed by atoms with Crippen LogP contribution in [-0.4, -0.2) is 29.7 Å². The molecule has 2 aromatic rings. The number of nitrogens with zero attached hydrogens (tertiary/aromatic N) is 1. The van der Waals surface area contributed by atoms with E-state index in [2.05, 4.69) is 0 Å². The van der Waals surface area contributed by atoms with E-state index in [1.54, 1.807) is 53.5 Å². The topological polar surface area (TPSA) is 37.4 Å². The Balaban J connectivity index is 2.01. The Bertz CT molecular complexity index is 986. The number of benzene rings is 2. The lowest BCUT2D eigenvalue weighted by Crippen LogP contribution is -2.41. The summed E-state index contributed by atoms with van der Waals surface area (Å²) in [6.07, 6.45) is 4.66. The van der Waals surface area contributed by atoms with Gasteiger partial charge in [0.05, 0.1) is 20.1 Å². The van der Waals surface area contributed by atoms with Crippen LogP contribution >= 0.6 is 46.4 Å². The minimum Gasteiger partial charge on any atom is -0.334 e. The zero-order chi connectivity index (χ0) is 21.8. The number of likely N-dealkylation sites (tertiary alicyclic amines) is 1. The molecule has 3 rings (SSSR count). The number of rotatable bonds is 4. The highest BCUT2D eigenvalue weighted by atomic mass is 35.5. The monoisotopic (exact) mass is 481 g/mol. The van der Waals surface area contributed by atoms with Crippen LogP contribution < -0.4 is 0 Å². The molecule has 0 aromatic heterocycles. The van der Waals surface area contributed by atoms with Crippen LogP contribution in [0, 0.1) is 0 Å². The quantitative estimate of drug-likeness (QED) is 0.441. The van der Waals surface area contributed by atoms with Crippen molar-refractivity contribution in [3.63, 3.8) is 0 Å². The van der Waals surface area contributed by atoms with Gasteiger partial charge >= 0.3 is 0 Å². The third-order valence-electron chi connectivity index (χ3n) is 4.69. The Morgan fingerprint density at radius 3 is 1.73 bits per heavy atom. The van der Waals surface area contributed by atoms with Gasteiger partial charge in [-0.2, -0.15) is 0 Å². The van der Waals surface area contributed by atoms with Crippen molar-refractivity contribution in [1.29, 1.82) is 0 Å². The minimum absolute atomic E-state index is 0.00470. The molecule has 2 aromatic carbocycles. The summed E-state index contributed by atoms with van der Waals surface area (Å²) in [5, 5.41) is 1.68. The van der Waals surface area contributed by atoms with Crippen LogP contribution in [0.1, 0.15) is 30.9 Å². The molecule has 0 radical (unpaired) electrons. The van der Waals surface area contributed by atoms with Crippen LogP contribution in [0.4, 0.5) is 0 Å². The van der Waals surface area contributed by atoms with Gasteiger partial charge in [-0.3, -0.25) is 9.59 Å². The lowest BCUT2D eigenvalue weighted by atomic mass is 9.94. The maximum Gasteiger partial charge on any atom is 0.223 e. The van der Waals surface area contributed by atoms with Gasteiger partial charge in [0.25, 0.3) is 0 Å². The molecule has 0 atom stereocenters. The first kappa shape index (κ1) is 22.9. The molecule has 7 heteroatoms. The second kappa shape index (κ2) is 10.0.